The summed E-state index contributed by atoms with van der Waals surface area (Å²) in [5, 5.41) is 3.56. The van der Waals surface area contributed by atoms with Crippen LogP contribution in [0.4, 0.5) is 0 Å². The van der Waals surface area contributed by atoms with Crippen LogP contribution in [-0.4, -0.2) is 12.1 Å². The topological polar surface area (TPSA) is 12.0 Å². The Balaban J connectivity index is 2.08. The van der Waals surface area contributed by atoms with E-state index in [2.05, 4.69) is 12.2 Å². The average molecular weight is 111 g/mol. The van der Waals surface area contributed by atoms with Gasteiger partial charge in [-0.1, -0.05) is 6.92 Å². The molecule has 2 atom stereocenters. The van der Waals surface area contributed by atoms with Crippen molar-refractivity contribution in [2.45, 2.75) is 31.7 Å². The Bertz CT molecular complexity index is 107. The second-order valence-corrected chi connectivity index (χ2v) is 3.13. The van der Waals surface area contributed by atoms with E-state index in [1.807, 2.05) is 0 Å². The molecule has 1 N–H and O–H groups in total. The Morgan fingerprint density at radius 3 is 2.88 bits per heavy atom. The van der Waals surface area contributed by atoms with E-state index in [1.165, 1.54) is 25.8 Å². The van der Waals surface area contributed by atoms with Crippen molar-refractivity contribution in [2.75, 3.05) is 6.54 Å². The quantitative estimate of drug-likeness (QED) is 0.535. The molecule has 1 aliphatic heterocycles. The maximum Gasteiger partial charge on any atom is 0.0211 e. The van der Waals surface area contributed by atoms with Crippen LogP contribution in [0, 0.1) is 5.92 Å². The summed E-state index contributed by atoms with van der Waals surface area (Å²) in [5.41, 5.74) is 0.653. The van der Waals surface area contributed by atoms with Crippen molar-refractivity contribution >= 4 is 0 Å². The van der Waals surface area contributed by atoms with Crippen molar-refractivity contribution in [1.29, 1.82) is 0 Å². The number of hydrogen-bond acceptors (Lipinski definition) is 1. The summed E-state index contributed by atoms with van der Waals surface area (Å²) in [4.78, 5) is 0. The zero-order valence-corrected chi connectivity index (χ0v) is 5.41. The average Bonchev–Trinajstić information content (AvgIpc) is 2.38. The summed E-state index contributed by atoms with van der Waals surface area (Å²) in [5.74, 6) is 1.06. The summed E-state index contributed by atoms with van der Waals surface area (Å²) in [7, 11) is 0. The fraction of sp³-hybridized carbons (Fsp3) is 1.00. The van der Waals surface area contributed by atoms with Crippen LogP contribution in [0.1, 0.15) is 26.2 Å². The molecule has 0 aromatic heterocycles. The molecule has 0 aromatic carbocycles. The monoisotopic (exact) mass is 111 g/mol. The Labute approximate surface area is 50.5 Å². The molecule has 2 fully saturated rings. The maximum absolute atomic E-state index is 3.56. The molecule has 1 heterocycles. The van der Waals surface area contributed by atoms with Gasteiger partial charge < -0.3 is 5.32 Å². The van der Waals surface area contributed by atoms with Crippen LogP contribution >= 0.6 is 0 Å². The number of piperidine rings is 1. The third-order valence-electron chi connectivity index (χ3n) is 2.83. The second kappa shape index (κ2) is 1.27. The van der Waals surface area contributed by atoms with Crippen molar-refractivity contribution in [3.63, 3.8) is 0 Å². The summed E-state index contributed by atoms with van der Waals surface area (Å²) >= 11 is 0. The lowest BCUT2D eigenvalue weighted by Gasteiger charge is -2.07. The van der Waals surface area contributed by atoms with E-state index in [1.54, 1.807) is 0 Å². The van der Waals surface area contributed by atoms with Gasteiger partial charge in [-0.15, -0.1) is 0 Å². The molecule has 8 heavy (non-hydrogen) atoms. The van der Waals surface area contributed by atoms with Gasteiger partial charge >= 0.3 is 0 Å². The molecule has 0 radical (unpaired) electrons. The van der Waals surface area contributed by atoms with Gasteiger partial charge in [0.25, 0.3) is 0 Å². The van der Waals surface area contributed by atoms with Crippen LogP contribution in [-0.2, 0) is 0 Å². The van der Waals surface area contributed by atoms with E-state index in [9.17, 15) is 0 Å². The van der Waals surface area contributed by atoms with Crippen molar-refractivity contribution in [3.05, 3.63) is 0 Å². The third-order valence-corrected chi connectivity index (χ3v) is 2.83. The fourth-order valence-electron chi connectivity index (χ4n) is 2.03. The molecule has 1 unspecified atom stereocenters. The van der Waals surface area contributed by atoms with E-state index >= 15 is 0 Å². The van der Waals surface area contributed by atoms with Gasteiger partial charge in [0.05, 0.1) is 0 Å². The van der Waals surface area contributed by atoms with Crippen LogP contribution in [0.2, 0.25) is 0 Å². The van der Waals surface area contributed by atoms with Crippen LogP contribution in [0.5, 0.6) is 0 Å². The minimum absolute atomic E-state index is 0.653. The molecule has 1 saturated carbocycles. The first-order valence-corrected chi connectivity index (χ1v) is 3.62. The fourth-order valence-corrected chi connectivity index (χ4v) is 2.03. The molecule has 2 aliphatic rings. The minimum atomic E-state index is 0.653. The third kappa shape index (κ3) is 0.408. The van der Waals surface area contributed by atoms with Gasteiger partial charge in [-0.3, -0.25) is 0 Å². The zero-order chi connectivity index (χ0) is 5.61. The molecule has 1 saturated heterocycles. The summed E-state index contributed by atoms with van der Waals surface area (Å²) in [6.45, 7) is 3.57. The first kappa shape index (κ1) is 4.80. The van der Waals surface area contributed by atoms with Gasteiger partial charge in [-0.2, -0.15) is 0 Å². The van der Waals surface area contributed by atoms with Gasteiger partial charge in [0.15, 0.2) is 0 Å². The first-order chi connectivity index (χ1) is 3.87. The molecule has 1 heteroatoms. The standard InChI is InChI=1S/C7H13N/c1-2-7-5-6(7)3-4-8-7/h6,8H,2-5H2,1H3/t6?,7-/m0/s1. The van der Waals surface area contributed by atoms with E-state index in [0.29, 0.717) is 5.54 Å². The first-order valence-electron chi connectivity index (χ1n) is 3.62. The van der Waals surface area contributed by atoms with Crippen molar-refractivity contribution in [1.82, 2.24) is 5.32 Å². The van der Waals surface area contributed by atoms with Gasteiger partial charge in [0.2, 0.25) is 0 Å². The molecule has 1 aliphatic carbocycles. The molecule has 0 spiro atoms. The number of hydrogen-bond donors (Lipinski definition) is 1. The van der Waals surface area contributed by atoms with Gasteiger partial charge in [0.1, 0.15) is 0 Å². The molecule has 0 amide bonds. The van der Waals surface area contributed by atoms with E-state index in [0.717, 1.165) is 5.92 Å². The largest absolute Gasteiger partial charge is 0.311 e. The Morgan fingerprint density at radius 2 is 2.62 bits per heavy atom. The van der Waals surface area contributed by atoms with Crippen molar-refractivity contribution < 1.29 is 0 Å². The summed E-state index contributed by atoms with van der Waals surface area (Å²) in [6.07, 6.45) is 4.25. The highest BCUT2D eigenvalue weighted by molar-refractivity contribution is 5.13. The molecular formula is C7H13N. The lowest BCUT2D eigenvalue weighted by atomic mass is 10.2. The van der Waals surface area contributed by atoms with Crippen LogP contribution in [0.3, 0.4) is 0 Å². The van der Waals surface area contributed by atoms with Crippen molar-refractivity contribution in [2.24, 2.45) is 5.92 Å². The Morgan fingerprint density at radius 1 is 1.75 bits per heavy atom. The normalized spacial score (nSPS) is 51.4. The molecule has 46 valence electrons. The summed E-state index contributed by atoms with van der Waals surface area (Å²) in [6, 6.07) is 0. The molecule has 0 aromatic rings. The summed E-state index contributed by atoms with van der Waals surface area (Å²) < 4.78 is 0. The van der Waals surface area contributed by atoms with Crippen LogP contribution < -0.4 is 5.32 Å². The SMILES string of the molecule is CC[C@]12CC1CCN2. The smallest absolute Gasteiger partial charge is 0.0211 e. The number of rotatable bonds is 1. The van der Waals surface area contributed by atoms with Crippen molar-refractivity contribution in [3.8, 4) is 0 Å². The van der Waals surface area contributed by atoms with E-state index < -0.39 is 0 Å². The van der Waals surface area contributed by atoms with Gasteiger partial charge in [-0.25, -0.2) is 0 Å². The number of nitrogens with one attached hydrogen (secondary N) is 1. The predicted molar refractivity (Wildman–Crippen MR) is 33.7 cm³/mol. The minimum Gasteiger partial charge on any atom is -0.311 e. The van der Waals surface area contributed by atoms with Crippen LogP contribution in [0.15, 0.2) is 0 Å². The zero-order valence-electron chi connectivity index (χ0n) is 5.41. The maximum atomic E-state index is 3.56. The number of fused-ring (bicyclic) bond motifs is 1. The second-order valence-electron chi connectivity index (χ2n) is 3.13. The van der Waals surface area contributed by atoms with Gasteiger partial charge in [0, 0.05) is 5.54 Å². The lowest BCUT2D eigenvalue weighted by molar-refractivity contribution is 0.531. The van der Waals surface area contributed by atoms with Gasteiger partial charge in [-0.05, 0) is 31.7 Å². The molecule has 2 rings (SSSR count). The predicted octanol–water partition coefficient (Wildman–Crippen LogP) is 1.15. The highest BCUT2D eigenvalue weighted by Crippen LogP contribution is 2.51. The van der Waals surface area contributed by atoms with E-state index in [4.69, 9.17) is 0 Å². The lowest BCUT2D eigenvalue weighted by Crippen LogP contribution is -2.26. The molecular weight excluding hydrogens is 98.1 g/mol. The Kier molecular flexibility index (Phi) is 0.762. The molecule has 0 bridgehead atoms. The van der Waals surface area contributed by atoms with Crippen LogP contribution in [0.25, 0.3) is 0 Å². The molecule has 1 nitrogen and oxygen atoms in total. The van der Waals surface area contributed by atoms with E-state index in [-0.39, 0.29) is 0 Å². The Hall–Kier alpha value is -0.0400. The highest BCUT2D eigenvalue weighted by atomic mass is 15.1. The highest BCUT2D eigenvalue weighted by Gasteiger charge is 2.55.